The molecule has 0 bridgehead atoms. The summed E-state index contributed by atoms with van der Waals surface area (Å²) in [6, 6.07) is 13.7. The Labute approximate surface area is 181 Å². The Morgan fingerprint density at radius 1 is 1.10 bits per heavy atom. The highest BCUT2D eigenvalue weighted by molar-refractivity contribution is 8.16. The van der Waals surface area contributed by atoms with Crippen molar-refractivity contribution in [3.05, 3.63) is 60.2 Å². The van der Waals surface area contributed by atoms with E-state index in [-0.39, 0.29) is 23.2 Å². The summed E-state index contributed by atoms with van der Waals surface area (Å²) in [6.45, 7) is 0. The summed E-state index contributed by atoms with van der Waals surface area (Å²) in [5.74, 6) is -0.937. The number of aliphatic imine (C=N–C) groups is 1. The van der Waals surface area contributed by atoms with Gasteiger partial charge in [0, 0.05) is 10.9 Å². The molecular weight excluding hydrogens is 453 g/mol. The topological polar surface area (TPSA) is 76.0 Å². The van der Waals surface area contributed by atoms with Gasteiger partial charge in [0.05, 0.1) is 24.0 Å². The van der Waals surface area contributed by atoms with Gasteiger partial charge in [-0.05, 0) is 29.8 Å². The predicted octanol–water partition coefficient (Wildman–Crippen LogP) is 3.43. The first-order valence-electron chi connectivity index (χ1n) is 9.27. The average molecular weight is 470 g/mol. The summed E-state index contributed by atoms with van der Waals surface area (Å²) in [5, 5.41) is 0.0368. The van der Waals surface area contributed by atoms with E-state index >= 15 is 0 Å². The Balaban J connectivity index is 1.61. The van der Waals surface area contributed by atoms with Gasteiger partial charge in [-0.2, -0.15) is 4.99 Å². The molecule has 0 aromatic heterocycles. The van der Waals surface area contributed by atoms with Crippen molar-refractivity contribution in [1.82, 2.24) is 0 Å². The number of ether oxygens (including phenoxy) is 1. The van der Waals surface area contributed by atoms with E-state index in [1.165, 1.54) is 23.9 Å². The number of nitrogens with zero attached hydrogens (tertiary/aromatic N) is 2. The minimum absolute atomic E-state index is 0.0417. The molecular formula is C20H17F3N2O4S2. The molecule has 1 amide bonds. The van der Waals surface area contributed by atoms with E-state index in [2.05, 4.69) is 9.73 Å². The summed E-state index contributed by atoms with van der Waals surface area (Å²) in [4.78, 5) is 18.3. The molecule has 11 heteroatoms. The largest absolute Gasteiger partial charge is 0.573 e. The van der Waals surface area contributed by atoms with Crippen LogP contribution in [0.1, 0.15) is 5.56 Å². The standard InChI is InChI=1S/C20H17F3N2O4S2/c21-20(22,23)29-15-8-6-14(7-9-15)25-16-11-31(27,28)12-17(16)30-19(25)24-18(26)10-13-4-2-1-3-5-13/h1-9,16-17H,10-12H2/t16-,17+/m0/s1. The molecule has 0 saturated carbocycles. The summed E-state index contributed by atoms with van der Waals surface area (Å²) < 4.78 is 65.4. The molecule has 31 heavy (non-hydrogen) atoms. The Morgan fingerprint density at radius 3 is 2.42 bits per heavy atom. The fourth-order valence-electron chi connectivity index (χ4n) is 3.59. The molecule has 2 aromatic rings. The third-order valence-corrected chi connectivity index (χ3v) is 8.04. The zero-order chi connectivity index (χ0) is 22.2. The lowest BCUT2D eigenvalue weighted by Crippen LogP contribution is -2.37. The molecule has 0 N–H and O–H groups in total. The van der Waals surface area contributed by atoms with Crippen LogP contribution in [0.4, 0.5) is 18.9 Å². The van der Waals surface area contributed by atoms with Gasteiger partial charge in [0.2, 0.25) is 0 Å². The fraction of sp³-hybridized carbons (Fsp3) is 0.300. The molecule has 2 fully saturated rings. The zero-order valence-corrected chi connectivity index (χ0v) is 17.6. The van der Waals surface area contributed by atoms with Crippen LogP contribution in [0.15, 0.2) is 59.6 Å². The highest BCUT2D eigenvalue weighted by atomic mass is 32.2. The van der Waals surface area contributed by atoms with E-state index in [1.807, 2.05) is 18.2 Å². The van der Waals surface area contributed by atoms with Crippen LogP contribution < -0.4 is 9.64 Å². The van der Waals surface area contributed by atoms with Crippen LogP contribution in [0.2, 0.25) is 0 Å². The molecule has 0 aliphatic carbocycles. The van der Waals surface area contributed by atoms with Gasteiger partial charge in [-0.3, -0.25) is 4.79 Å². The van der Waals surface area contributed by atoms with Crippen LogP contribution in [-0.2, 0) is 21.1 Å². The monoisotopic (exact) mass is 470 g/mol. The smallest absolute Gasteiger partial charge is 0.406 e. The molecule has 2 aromatic carbocycles. The zero-order valence-electron chi connectivity index (χ0n) is 15.9. The van der Waals surface area contributed by atoms with E-state index in [1.54, 1.807) is 17.0 Å². The number of halogens is 3. The van der Waals surface area contributed by atoms with Gasteiger partial charge in [0.1, 0.15) is 5.75 Å². The average Bonchev–Trinajstić information content (AvgIpc) is 3.12. The van der Waals surface area contributed by atoms with Gasteiger partial charge in [-0.25, -0.2) is 8.42 Å². The van der Waals surface area contributed by atoms with E-state index in [4.69, 9.17) is 0 Å². The quantitative estimate of drug-likeness (QED) is 0.682. The minimum Gasteiger partial charge on any atom is -0.406 e. The molecule has 2 aliphatic heterocycles. The highest BCUT2D eigenvalue weighted by Crippen LogP contribution is 2.41. The number of alkyl halides is 3. The van der Waals surface area contributed by atoms with Crippen LogP contribution in [-0.4, -0.2) is 48.7 Å². The van der Waals surface area contributed by atoms with Crippen LogP contribution in [0.25, 0.3) is 0 Å². The van der Waals surface area contributed by atoms with E-state index < -0.39 is 33.9 Å². The minimum atomic E-state index is -4.81. The van der Waals surface area contributed by atoms with Crippen LogP contribution in [0.3, 0.4) is 0 Å². The number of sulfone groups is 1. The normalized spacial score (nSPS) is 23.7. The van der Waals surface area contributed by atoms with Gasteiger partial charge in [-0.1, -0.05) is 42.1 Å². The Hall–Kier alpha value is -2.53. The van der Waals surface area contributed by atoms with Crippen molar-refractivity contribution in [3.8, 4) is 5.75 Å². The van der Waals surface area contributed by atoms with Crippen molar-refractivity contribution in [2.75, 3.05) is 16.4 Å². The van der Waals surface area contributed by atoms with Crippen molar-refractivity contribution < 1.29 is 31.1 Å². The lowest BCUT2D eigenvalue weighted by molar-refractivity contribution is -0.274. The first-order chi connectivity index (χ1) is 14.6. The number of rotatable bonds is 4. The van der Waals surface area contributed by atoms with E-state index in [0.717, 1.165) is 17.7 Å². The van der Waals surface area contributed by atoms with Crippen LogP contribution >= 0.6 is 11.8 Å². The molecule has 0 radical (unpaired) electrons. The fourth-order valence-corrected chi connectivity index (χ4v) is 7.52. The molecule has 164 valence electrons. The van der Waals surface area contributed by atoms with Crippen molar-refractivity contribution in [2.45, 2.75) is 24.1 Å². The van der Waals surface area contributed by atoms with Crippen molar-refractivity contribution in [1.29, 1.82) is 0 Å². The second-order valence-electron chi connectivity index (χ2n) is 7.16. The summed E-state index contributed by atoms with van der Waals surface area (Å²) >= 11 is 1.20. The maximum atomic E-state index is 12.5. The van der Waals surface area contributed by atoms with Gasteiger partial charge in [0.25, 0.3) is 5.91 Å². The predicted molar refractivity (Wildman–Crippen MR) is 112 cm³/mol. The summed E-state index contributed by atoms with van der Waals surface area (Å²) in [6.07, 6.45) is -4.73. The lowest BCUT2D eigenvalue weighted by atomic mass is 10.1. The number of amides is 1. The first-order valence-corrected chi connectivity index (χ1v) is 12.0. The highest BCUT2D eigenvalue weighted by Gasteiger charge is 2.49. The second-order valence-corrected chi connectivity index (χ2v) is 10.5. The Kier molecular flexibility index (Phi) is 5.73. The van der Waals surface area contributed by atoms with Gasteiger partial charge < -0.3 is 9.64 Å². The number of amidine groups is 1. The molecule has 2 saturated heterocycles. The van der Waals surface area contributed by atoms with Gasteiger partial charge >= 0.3 is 6.36 Å². The molecule has 2 heterocycles. The lowest BCUT2D eigenvalue weighted by Gasteiger charge is -2.24. The molecule has 2 aliphatic rings. The maximum Gasteiger partial charge on any atom is 0.573 e. The first kappa shape index (κ1) is 21.7. The van der Waals surface area contributed by atoms with E-state index in [9.17, 15) is 26.4 Å². The maximum absolute atomic E-state index is 12.5. The summed E-state index contributed by atoms with van der Waals surface area (Å²) in [5.41, 5.74) is 1.24. The number of carbonyl (C=O) groups excluding carboxylic acids is 1. The third-order valence-electron chi connectivity index (χ3n) is 4.83. The molecule has 6 nitrogen and oxygen atoms in total. The Morgan fingerprint density at radius 2 is 1.77 bits per heavy atom. The number of carbonyl (C=O) groups is 1. The Bertz CT molecular complexity index is 1100. The van der Waals surface area contributed by atoms with Crippen LogP contribution in [0.5, 0.6) is 5.75 Å². The second kappa shape index (κ2) is 8.19. The number of anilines is 1. The molecule has 4 rings (SSSR count). The molecule has 0 spiro atoms. The van der Waals surface area contributed by atoms with Crippen molar-refractivity contribution in [2.24, 2.45) is 4.99 Å². The number of hydrogen-bond donors (Lipinski definition) is 0. The number of hydrogen-bond acceptors (Lipinski definition) is 5. The van der Waals surface area contributed by atoms with Gasteiger partial charge in [-0.15, -0.1) is 13.2 Å². The number of fused-ring (bicyclic) bond motifs is 1. The third kappa shape index (κ3) is 5.21. The van der Waals surface area contributed by atoms with Gasteiger partial charge in [0.15, 0.2) is 15.0 Å². The SMILES string of the molecule is O=C(Cc1ccccc1)N=C1S[C@@H]2CS(=O)(=O)C[C@@H]2N1c1ccc(OC(F)(F)F)cc1. The van der Waals surface area contributed by atoms with Crippen molar-refractivity contribution in [3.63, 3.8) is 0 Å². The summed E-state index contributed by atoms with van der Waals surface area (Å²) in [7, 11) is -3.25. The van der Waals surface area contributed by atoms with Crippen molar-refractivity contribution >= 4 is 38.4 Å². The van der Waals surface area contributed by atoms with E-state index in [0.29, 0.717) is 10.9 Å². The van der Waals surface area contributed by atoms with Crippen LogP contribution in [0, 0.1) is 0 Å². The number of benzene rings is 2. The molecule has 0 unspecified atom stereocenters. The molecule has 2 atom stereocenters. The number of thioether (sulfide) groups is 1.